The van der Waals surface area contributed by atoms with Crippen molar-refractivity contribution in [2.75, 3.05) is 6.54 Å². The Labute approximate surface area is 85.9 Å². The van der Waals surface area contributed by atoms with E-state index < -0.39 is 11.9 Å². The van der Waals surface area contributed by atoms with Gasteiger partial charge in [0.2, 0.25) is 0 Å². The Kier molecular flexibility index (Phi) is 2.39. The second-order valence-corrected chi connectivity index (χ2v) is 3.31. The first-order chi connectivity index (χ1) is 7.22. The molecule has 2 heterocycles. The van der Waals surface area contributed by atoms with Crippen molar-refractivity contribution in [3.05, 3.63) is 30.1 Å². The normalized spacial score (nSPS) is 12.9. The van der Waals surface area contributed by atoms with Crippen LogP contribution in [0.5, 0.6) is 0 Å². The van der Waals surface area contributed by atoms with Crippen molar-refractivity contribution in [2.24, 2.45) is 5.73 Å². The van der Waals surface area contributed by atoms with Gasteiger partial charge in [-0.3, -0.25) is 9.78 Å². The van der Waals surface area contributed by atoms with Gasteiger partial charge in [0, 0.05) is 18.9 Å². The van der Waals surface area contributed by atoms with Crippen LogP contribution < -0.4 is 5.73 Å². The highest BCUT2D eigenvalue weighted by Crippen LogP contribution is 2.18. The number of aromatic nitrogens is 2. The van der Waals surface area contributed by atoms with Crippen LogP contribution in [0.4, 0.5) is 0 Å². The molecule has 78 valence electrons. The SMILES string of the molecule is NCC(C(=O)O)c1cnc2cc[nH]c2c1. The van der Waals surface area contributed by atoms with Crippen LogP contribution in [0.3, 0.4) is 0 Å². The average molecular weight is 205 g/mol. The largest absolute Gasteiger partial charge is 0.481 e. The van der Waals surface area contributed by atoms with E-state index in [1.165, 1.54) is 0 Å². The number of aromatic amines is 1. The van der Waals surface area contributed by atoms with Crippen LogP contribution in [0.15, 0.2) is 24.5 Å². The molecule has 15 heavy (non-hydrogen) atoms. The number of fused-ring (bicyclic) bond motifs is 1. The van der Waals surface area contributed by atoms with Gasteiger partial charge in [0.25, 0.3) is 0 Å². The van der Waals surface area contributed by atoms with Crippen LogP contribution in [0.2, 0.25) is 0 Å². The summed E-state index contributed by atoms with van der Waals surface area (Å²) in [5.41, 5.74) is 7.68. The van der Waals surface area contributed by atoms with Crippen LogP contribution >= 0.6 is 0 Å². The number of nitrogens with one attached hydrogen (secondary N) is 1. The third-order valence-electron chi connectivity index (χ3n) is 2.36. The topological polar surface area (TPSA) is 92.0 Å². The minimum absolute atomic E-state index is 0.0726. The van der Waals surface area contributed by atoms with Crippen molar-refractivity contribution in [1.29, 1.82) is 0 Å². The monoisotopic (exact) mass is 205 g/mol. The first-order valence-corrected chi connectivity index (χ1v) is 4.58. The lowest BCUT2D eigenvalue weighted by Crippen LogP contribution is -2.21. The van der Waals surface area contributed by atoms with E-state index in [2.05, 4.69) is 9.97 Å². The predicted octanol–water partition coefficient (Wildman–Crippen LogP) is 0.690. The molecule has 1 atom stereocenters. The Morgan fingerprint density at radius 2 is 2.47 bits per heavy atom. The maximum Gasteiger partial charge on any atom is 0.312 e. The number of H-pyrrole nitrogens is 1. The highest BCUT2D eigenvalue weighted by Gasteiger charge is 2.18. The van der Waals surface area contributed by atoms with Crippen LogP contribution in [-0.4, -0.2) is 27.6 Å². The molecule has 0 amide bonds. The molecular formula is C10H11N3O2. The summed E-state index contributed by atoms with van der Waals surface area (Å²) in [5, 5.41) is 8.93. The summed E-state index contributed by atoms with van der Waals surface area (Å²) < 4.78 is 0. The zero-order valence-electron chi connectivity index (χ0n) is 7.97. The molecule has 0 spiro atoms. The van der Waals surface area contributed by atoms with Crippen LogP contribution in [0.25, 0.3) is 11.0 Å². The predicted molar refractivity (Wildman–Crippen MR) is 55.5 cm³/mol. The van der Waals surface area contributed by atoms with Crippen molar-refractivity contribution in [3.63, 3.8) is 0 Å². The van der Waals surface area contributed by atoms with Gasteiger partial charge in [-0.25, -0.2) is 0 Å². The number of nitrogens with zero attached hydrogens (tertiary/aromatic N) is 1. The number of rotatable bonds is 3. The van der Waals surface area contributed by atoms with Gasteiger partial charge in [-0.1, -0.05) is 0 Å². The molecule has 0 saturated carbocycles. The lowest BCUT2D eigenvalue weighted by atomic mass is 10.0. The fraction of sp³-hybridized carbons (Fsp3) is 0.200. The number of hydrogen-bond acceptors (Lipinski definition) is 3. The van der Waals surface area contributed by atoms with Gasteiger partial charge in [0.05, 0.1) is 17.0 Å². The molecule has 2 aromatic heterocycles. The maximum absolute atomic E-state index is 10.9. The first kappa shape index (κ1) is 9.67. The number of hydrogen-bond donors (Lipinski definition) is 3. The molecule has 5 nitrogen and oxygen atoms in total. The van der Waals surface area contributed by atoms with Gasteiger partial charge in [0.1, 0.15) is 0 Å². The van der Waals surface area contributed by atoms with Gasteiger partial charge >= 0.3 is 5.97 Å². The van der Waals surface area contributed by atoms with Crippen molar-refractivity contribution in [3.8, 4) is 0 Å². The van der Waals surface area contributed by atoms with Crippen LogP contribution in [0.1, 0.15) is 11.5 Å². The van der Waals surface area contributed by atoms with E-state index in [1.807, 2.05) is 6.07 Å². The Morgan fingerprint density at radius 3 is 3.13 bits per heavy atom. The number of nitrogens with two attached hydrogens (primary N) is 1. The number of carboxylic acid groups (broad SMARTS) is 1. The zero-order valence-corrected chi connectivity index (χ0v) is 7.97. The first-order valence-electron chi connectivity index (χ1n) is 4.58. The highest BCUT2D eigenvalue weighted by molar-refractivity contribution is 5.80. The second-order valence-electron chi connectivity index (χ2n) is 3.31. The number of carbonyl (C=O) groups is 1. The molecule has 2 aromatic rings. The van der Waals surface area contributed by atoms with Crippen molar-refractivity contribution >= 4 is 17.0 Å². The molecule has 2 rings (SSSR count). The van der Waals surface area contributed by atoms with Crippen molar-refractivity contribution < 1.29 is 9.90 Å². The molecule has 0 fully saturated rings. The summed E-state index contributed by atoms with van der Waals surface area (Å²) in [6, 6.07) is 3.60. The molecular weight excluding hydrogens is 194 g/mol. The van der Waals surface area contributed by atoms with E-state index >= 15 is 0 Å². The lowest BCUT2D eigenvalue weighted by molar-refractivity contribution is -0.138. The summed E-state index contributed by atoms with van der Waals surface area (Å²) >= 11 is 0. The summed E-state index contributed by atoms with van der Waals surface area (Å²) in [4.78, 5) is 18.0. The summed E-state index contributed by atoms with van der Waals surface area (Å²) in [6.45, 7) is 0.0726. The molecule has 0 aliphatic heterocycles. The Morgan fingerprint density at radius 1 is 1.67 bits per heavy atom. The number of carboxylic acids is 1. The zero-order chi connectivity index (χ0) is 10.8. The molecule has 0 aliphatic rings. The minimum atomic E-state index is -0.926. The molecule has 0 radical (unpaired) electrons. The Hall–Kier alpha value is -1.88. The quantitative estimate of drug-likeness (QED) is 0.687. The van der Waals surface area contributed by atoms with E-state index in [-0.39, 0.29) is 6.54 Å². The van der Waals surface area contributed by atoms with Gasteiger partial charge < -0.3 is 15.8 Å². The van der Waals surface area contributed by atoms with E-state index in [0.717, 1.165) is 11.0 Å². The van der Waals surface area contributed by atoms with Gasteiger partial charge in [-0.05, 0) is 17.7 Å². The third kappa shape index (κ3) is 1.69. The summed E-state index contributed by atoms with van der Waals surface area (Å²) in [5.74, 6) is -1.62. The number of pyridine rings is 1. The van der Waals surface area contributed by atoms with Gasteiger partial charge in [-0.15, -0.1) is 0 Å². The van der Waals surface area contributed by atoms with E-state index in [0.29, 0.717) is 5.56 Å². The lowest BCUT2D eigenvalue weighted by Gasteiger charge is -2.08. The fourth-order valence-corrected chi connectivity index (χ4v) is 1.52. The summed E-state index contributed by atoms with van der Waals surface area (Å²) in [6.07, 6.45) is 3.32. The Bertz CT molecular complexity index is 492. The van der Waals surface area contributed by atoms with E-state index in [1.54, 1.807) is 18.5 Å². The number of aliphatic carboxylic acids is 1. The molecule has 0 aromatic carbocycles. The Balaban J connectivity index is 2.46. The average Bonchev–Trinajstić information content (AvgIpc) is 2.65. The minimum Gasteiger partial charge on any atom is -0.481 e. The second kappa shape index (κ2) is 3.70. The van der Waals surface area contributed by atoms with Crippen LogP contribution in [-0.2, 0) is 4.79 Å². The van der Waals surface area contributed by atoms with Gasteiger partial charge in [-0.2, -0.15) is 0 Å². The molecule has 0 bridgehead atoms. The van der Waals surface area contributed by atoms with E-state index in [9.17, 15) is 4.79 Å². The van der Waals surface area contributed by atoms with Crippen molar-refractivity contribution in [2.45, 2.75) is 5.92 Å². The maximum atomic E-state index is 10.9. The fourth-order valence-electron chi connectivity index (χ4n) is 1.52. The van der Waals surface area contributed by atoms with Crippen LogP contribution in [0, 0.1) is 0 Å². The molecule has 1 unspecified atom stereocenters. The standard InChI is InChI=1S/C10H11N3O2/c11-4-7(10(14)15)6-3-9-8(13-5-6)1-2-12-9/h1-3,5,7,12H,4,11H2,(H,14,15). The highest BCUT2D eigenvalue weighted by atomic mass is 16.4. The smallest absolute Gasteiger partial charge is 0.312 e. The van der Waals surface area contributed by atoms with E-state index in [4.69, 9.17) is 10.8 Å². The van der Waals surface area contributed by atoms with Gasteiger partial charge in [0.15, 0.2) is 0 Å². The molecule has 5 heteroatoms. The molecule has 4 N–H and O–H groups in total. The van der Waals surface area contributed by atoms with Crippen molar-refractivity contribution in [1.82, 2.24) is 9.97 Å². The molecule has 0 saturated heterocycles. The molecule has 0 aliphatic carbocycles. The summed E-state index contributed by atoms with van der Waals surface area (Å²) in [7, 11) is 0. The third-order valence-corrected chi connectivity index (χ3v) is 2.36.